The van der Waals surface area contributed by atoms with Crippen molar-refractivity contribution in [3.8, 4) is 0 Å². The maximum atomic E-state index is 13.2. The number of esters is 1. The van der Waals surface area contributed by atoms with Crippen molar-refractivity contribution in [1.82, 2.24) is 4.31 Å². The minimum absolute atomic E-state index is 0.0949. The van der Waals surface area contributed by atoms with Crippen LogP contribution in [0.4, 0.5) is 0 Å². The molecule has 2 aromatic rings. The predicted octanol–water partition coefficient (Wildman–Crippen LogP) is 3.88. The standard InChI is InChI=1S/C20H20ClNO4S/c1-3-26-20(23)18-12-13-22(19(18)15-6-8-16(21)9-7-15)27(24,25)17-10-4-14(2)5-11-17/h4-12,19H,3,13H2,1-2H3. The third-order valence-electron chi connectivity index (χ3n) is 4.40. The van der Waals surface area contributed by atoms with Crippen LogP contribution in [0.5, 0.6) is 0 Å². The van der Waals surface area contributed by atoms with Gasteiger partial charge in [-0.05, 0) is 43.7 Å². The van der Waals surface area contributed by atoms with Gasteiger partial charge in [0.1, 0.15) is 0 Å². The van der Waals surface area contributed by atoms with Crippen LogP contribution in [0.15, 0.2) is 65.1 Å². The van der Waals surface area contributed by atoms with Crippen molar-refractivity contribution in [2.45, 2.75) is 24.8 Å². The zero-order valence-corrected chi connectivity index (χ0v) is 16.6. The normalized spacial score (nSPS) is 17.6. The van der Waals surface area contributed by atoms with E-state index in [2.05, 4.69) is 0 Å². The van der Waals surface area contributed by atoms with Crippen molar-refractivity contribution in [2.75, 3.05) is 13.2 Å². The topological polar surface area (TPSA) is 63.7 Å². The molecule has 0 saturated heterocycles. The van der Waals surface area contributed by atoms with E-state index >= 15 is 0 Å². The number of aryl methyl sites for hydroxylation is 1. The van der Waals surface area contributed by atoms with Gasteiger partial charge in [-0.2, -0.15) is 4.31 Å². The number of rotatable bonds is 5. The van der Waals surface area contributed by atoms with E-state index in [1.807, 2.05) is 6.92 Å². The smallest absolute Gasteiger partial charge is 0.335 e. The Morgan fingerprint density at radius 1 is 1.15 bits per heavy atom. The van der Waals surface area contributed by atoms with Gasteiger partial charge in [0, 0.05) is 11.6 Å². The molecule has 0 aromatic heterocycles. The Labute approximate surface area is 164 Å². The highest BCUT2D eigenvalue weighted by atomic mass is 35.5. The molecule has 27 heavy (non-hydrogen) atoms. The summed E-state index contributed by atoms with van der Waals surface area (Å²) in [4.78, 5) is 12.6. The second kappa shape index (κ2) is 7.84. The van der Waals surface area contributed by atoms with Gasteiger partial charge in [-0.1, -0.05) is 47.5 Å². The van der Waals surface area contributed by atoms with Crippen molar-refractivity contribution < 1.29 is 17.9 Å². The lowest BCUT2D eigenvalue weighted by Crippen LogP contribution is -2.33. The lowest BCUT2D eigenvalue weighted by Gasteiger charge is -2.26. The van der Waals surface area contributed by atoms with E-state index in [1.54, 1.807) is 61.5 Å². The molecule has 0 N–H and O–H groups in total. The van der Waals surface area contributed by atoms with Crippen molar-refractivity contribution >= 4 is 27.6 Å². The first kappa shape index (κ1) is 19.6. The molecule has 7 heteroatoms. The molecular formula is C20H20ClNO4S. The minimum Gasteiger partial charge on any atom is -0.463 e. The van der Waals surface area contributed by atoms with E-state index < -0.39 is 22.0 Å². The van der Waals surface area contributed by atoms with Gasteiger partial charge in [0.25, 0.3) is 0 Å². The van der Waals surface area contributed by atoms with Crippen molar-refractivity contribution in [2.24, 2.45) is 0 Å². The van der Waals surface area contributed by atoms with E-state index in [0.29, 0.717) is 16.2 Å². The van der Waals surface area contributed by atoms with E-state index in [1.165, 1.54) is 4.31 Å². The minimum atomic E-state index is -3.80. The van der Waals surface area contributed by atoms with Gasteiger partial charge >= 0.3 is 5.97 Å². The van der Waals surface area contributed by atoms with Crippen LogP contribution in [-0.2, 0) is 19.6 Å². The summed E-state index contributed by atoms with van der Waals surface area (Å²) in [5, 5.41) is 0.534. The summed E-state index contributed by atoms with van der Waals surface area (Å²) in [5.41, 5.74) is 1.94. The van der Waals surface area contributed by atoms with Gasteiger partial charge < -0.3 is 4.74 Å². The fraction of sp³-hybridized carbons (Fsp3) is 0.250. The average Bonchev–Trinajstić information content (AvgIpc) is 3.09. The van der Waals surface area contributed by atoms with Crippen LogP contribution in [0, 0.1) is 6.92 Å². The zero-order valence-electron chi connectivity index (χ0n) is 15.1. The monoisotopic (exact) mass is 405 g/mol. The Balaban J connectivity index is 2.05. The van der Waals surface area contributed by atoms with Gasteiger partial charge in [-0.15, -0.1) is 0 Å². The SMILES string of the molecule is CCOC(=O)C1=CCN(S(=O)(=O)c2ccc(C)cc2)C1c1ccc(Cl)cc1. The number of sulfonamides is 1. The lowest BCUT2D eigenvalue weighted by molar-refractivity contribution is -0.138. The molecule has 0 fully saturated rings. The maximum Gasteiger partial charge on any atom is 0.335 e. The third kappa shape index (κ3) is 3.93. The molecule has 1 atom stereocenters. The first-order valence-corrected chi connectivity index (χ1v) is 10.4. The summed E-state index contributed by atoms with van der Waals surface area (Å²) in [6, 6.07) is 12.7. The summed E-state index contributed by atoms with van der Waals surface area (Å²) < 4.78 is 32.9. The first-order chi connectivity index (χ1) is 12.8. The summed E-state index contributed by atoms with van der Waals surface area (Å²) >= 11 is 5.97. The van der Waals surface area contributed by atoms with Crippen LogP contribution in [-0.4, -0.2) is 31.8 Å². The van der Waals surface area contributed by atoms with Gasteiger partial charge in [-0.3, -0.25) is 0 Å². The molecule has 1 heterocycles. The van der Waals surface area contributed by atoms with Crippen LogP contribution in [0.2, 0.25) is 5.02 Å². The quantitative estimate of drug-likeness (QED) is 0.708. The highest BCUT2D eigenvalue weighted by Crippen LogP contribution is 2.38. The summed E-state index contributed by atoms with van der Waals surface area (Å²) in [6.07, 6.45) is 1.61. The molecule has 1 aliphatic heterocycles. The molecular weight excluding hydrogens is 386 g/mol. The Morgan fingerprint density at radius 2 is 1.78 bits per heavy atom. The van der Waals surface area contributed by atoms with E-state index in [9.17, 15) is 13.2 Å². The van der Waals surface area contributed by atoms with Crippen LogP contribution in [0.3, 0.4) is 0 Å². The Hall–Kier alpha value is -2.15. The highest BCUT2D eigenvalue weighted by molar-refractivity contribution is 7.89. The molecule has 0 amide bonds. The van der Waals surface area contributed by atoms with Crippen LogP contribution < -0.4 is 0 Å². The van der Waals surface area contributed by atoms with Gasteiger partial charge in [0.05, 0.1) is 23.1 Å². The summed E-state index contributed by atoms with van der Waals surface area (Å²) in [5.74, 6) is -0.515. The number of carbonyl (C=O) groups is 1. The molecule has 0 bridgehead atoms. The number of nitrogens with zero attached hydrogens (tertiary/aromatic N) is 1. The fourth-order valence-corrected chi connectivity index (χ4v) is 4.70. The molecule has 1 aliphatic rings. The Morgan fingerprint density at radius 3 is 2.37 bits per heavy atom. The maximum absolute atomic E-state index is 13.2. The van der Waals surface area contributed by atoms with Gasteiger partial charge in [0.15, 0.2) is 0 Å². The van der Waals surface area contributed by atoms with E-state index in [0.717, 1.165) is 5.56 Å². The average molecular weight is 406 g/mol. The number of benzene rings is 2. The van der Waals surface area contributed by atoms with Gasteiger partial charge in [-0.25, -0.2) is 13.2 Å². The second-order valence-electron chi connectivity index (χ2n) is 6.22. The molecule has 0 aliphatic carbocycles. The van der Waals surface area contributed by atoms with Crippen molar-refractivity contribution in [3.63, 3.8) is 0 Å². The third-order valence-corrected chi connectivity index (χ3v) is 6.50. The number of hydrogen-bond acceptors (Lipinski definition) is 4. The molecule has 0 saturated carbocycles. The molecule has 0 radical (unpaired) electrons. The van der Waals surface area contributed by atoms with Gasteiger partial charge in [0.2, 0.25) is 10.0 Å². The molecule has 3 rings (SSSR count). The van der Waals surface area contributed by atoms with Crippen LogP contribution in [0.25, 0.3) is 0 Å². The van der Waals surface area contributed by atoms with E-state index in [4.69, 9.17) is 16.3 Å². The second-order valence-corrected chi connectivity index (χ2v) is 8.55. The number of ether oxygens (including phenoxy) is 1. The summed E-state index contributed by atoms with van der Waals surface area (Å²) in [7, 11) is -3.80. The Kier molecular flexibility index (Phi) is 5.69. The zero-order chi connectivity index (χ0) is 19.6. The number of hydrogen-bond donors (Lipinski definition) is 0. The molecule has 0 spiro atoms. The lowest BCUT2D eigenvalue weighted by atomic mass is 10.0. The predicted molar refractivity (Wildman–Crippen MR) is 104 cm³/mol. The molecule has 142 valence electrons. The fourth-order valence-electron chi connectivity index (χ4n) is 3.04. The molecule has 1 unspecified atom stereocenters. The number of carbonyl (C=O) groups excluding carboxylic acids is 1. The van der Waals surface area contributed by atoms with Crippen molar-refractivity contribution in [3.05, 3.63) is 76.3 Å². The first-order valence-electron chi connectivity index (χ1n) is 8.55. The van der Waals surface area contributed by atoms with Crippen molar-refractivity contribution in [1.29, 1.82) is 0 Å². The Bertz CT molecular complexity index is 966. The molecule has 2 aromatic carbocycles. The van der Waals surface area contributed by atoms with E-state index in [-0.39, 0.29) is 18.0 Å². The largest absolute Gasteiger partial charge is 0.463 e. The molecule has 5 nitrogen and oxygen atoms in total. The highest BCUT2D eigenvalue weighted by Gasteiger charge is 2.40. The number of halogens is 1. The van der Waals surface area contributed by atoms with Crippen LogP contribution in [0.1, 0.15) is 24.1 Å². The van der Waals surface area contributed by atoms with Crippen LogP contribution >= 0.6 is 11.6 Å². The summed E-state index contributed by atoms with van der Waals surface area (Å²) in [6.45, 7) is 3.92.